The van der Waals surface area contributed by atoms with Gasteiger partial charge in [0.2, 0.25) is 5.95 Å². The Morgan fingerprint density at radius 2 is 2.27 bits per heavy atom. The van der Waals surface area contributed by atoms with E-state index in [1.807, 2.05) is 0 Å². The summed E-state index contributed by atoms with van der Waals surface area (Å²) in [5.41, 5.74) is 5.58. The predicted molar refractivity (Wildman–Crippen MR) is 77.1 cm³/mol. The summed E-state index contributed by atoms with van der Waals surface area (Å²) >= 11 is 0. The molecule has 120 valence electrons. The molecule has 1 saturated heterocycles. The van der Waals surface area contributed by atoms with Crippen molar-refractivity contribution in [2.45, 2.75) is 37.8 Å². The molecule has 1 aliphatic rings. The van der Waals surface area contributed by atoms with Crippen LogP contribution < -0.4 is 11.3 Å². The molecule has 10 nitrogen and oxygen atoms in total. The number of hydrogen-bond acceptors (Lipinski definition) is 6. The van der Waals surface area contributed by atoms with E-state index in [9.17, 15) is 19.1 Å². The zero-order valence-electron chi connectivity index (χ0n) is 11.5. The first-order valence-electron chi connectivity index (χ1n) is 6.76. The minimum atomic E-state index is -4.27. The third-order valence-corrected chi connectivity index (χ3v) is 4.73. The van der Waals surface area contributed by atoms with Crippen molar-refractivity contribution in [2.24, 2.45) is 0 Å². The molecular formula is C11H16N5O5P. The average molecular weight is 329 g/mol. The van der Waals surface area contributed by atoms with Gasteiger partial charge in [-0.3, -0.25) is 14.3 Å². The Balaban J connectivity index is 1.84. The number of aromatic amines is 1. The molecule has 0 bridgehead atoms. The quantitative estimate of drug-likeness (QED) is 0.563. The van der Waals surface area contributed by atoms with Crippen LogP contribution in [0.3, 0.4) is 0 Å². The average Bonchev–Trinajstić information content (AvgIpc) is 2.81. The van der Waals surface area contributed by atoms with Crippen LogP contribution >= 0.6 is 7.60 Å². The van der Waals surface area contributed by atoms with Crippen LogP contribution in [0, 0.1) is 0 Å². The van der Waals surface area contributed by atoms with Gasteiger partial charge in [0, 0.05) is 0 Å². The van der Waals surface area contributed by atoms with E-state index in [1.54, 1.807) is 4.57 Å². The molecule has 0 aliphatic carbocycles. The highest BCUT2D eigenvalue weighted by Gasteiger charge is 2.35. The standard InChI is InChI=1S/C11H16N5O5P/c12-11-14-9-8(10(17)15-11)13-5-16(9)4-6-2-1-3-7(21-6)22(18,19)20/h5-7H,1-4H2,(H2,18,19,20)(H3,12,14,15,17)/t6-,7-/m0/s1. The van der Waals surface area contributed by atoms with E-state index in [-0.39, 0.29) is 17.6 Å². The second kappa shape index (κ2) is 5.47. The number of aromatic nitrogens is 4. The van der Waals surface area contributed by atoms with Crippen molar-refractivity contribution >= 4 is 24.7 Å². The molecular weight excluding hydrogens is 313 g/mol. The van der Waals surface area contributed by atoms with Gasteiger partial charge < -0.3 is 24.8 Å². The minimum Gasteiger partial charge on any atom is -0.369 e. The maximum Gasteiger partial charge on any atom is 0.354 e. The Bertz CT molecular complexity index is 796. The van der Waals surface area contributed by atoms with E-state index in [2.05, 4.69) is 15.0 Å². The van der Waals surface area contributed by atoms with Crippen molar-refractivity contribution in [1.29, 1.82) is 0 Å². The Kier molecular flexibility index (Phi) is 3.77. The molecule has 5 N–H and O–H groups in total. The van der Waals surface area contributed by atoms with Crippen LogP contribution in [0.2, 0.25) is 0 Å². The van der Waals surface area contributed by atoms with Crippen molar-refractivity contribution in [1.82, 2.24) is 19.5 Å². The van der Waals surface area contributed by atoms with Crippen molar-refractivity contribution < 1.29 is 19.1 Å². The maximum atomic E-state index is 11.7. The van der Waals surface area contributed by atoms with E-state index in [4.69, 9.17) is 10.5 Å². The topological polar surface area (TPSA) is 156 Å². The highest BCUT2D eigenvalue weighted by molar-refractivity contribution is 7.52. The van der Waals surface area contributed by atoms with Gasteiger partial charge in [-0.1, -0.05) is 0 Å². The van der Waals surface area contributed by atoms with Gasteiger partial charge in [-0.25, -0.2) is 4.98 Å². The van der Waals surface area contributed by atoms with Gasteiger partial charge in [-0.2, -0.15) is 4.98 Å². The molecule has 0 amide bonds. The van der Waals surface area contributed by atoms with Crippen molar-refractivity contribution in [3.05, 3.63) is 16.7 Å². The first-order chi connectivity index (χ1) is 10.3. The summed E-state index contributed by atoms with van der Waals surface area (Å²) in [5.74, 6) is -1.10. The number of anilines is 1. The number of hydrogen-bond donors (Lipinski definition) is 4. The highest BCUT2D eigenvalue weighted by Crippen LogP contribution is 2.47. The fourth-order valence-corrected chi connectivity index (χ4v) is 3.43. The van der Waals surface area contributed by atoms with Gasteiger partial charge in [0.05, 0.1) is 19.0 Å². The lowest BCUT2D eigenvalue weighted by Crippen LogP contribution is -2.31. The molecule has 2 aromatic heterocycles. The maximum absolute atomic E-state index is 11.7. The van der Waals surface area contributed by atoms with Crippen LogP contribution in [-0.4, -0.2) is 41.3 Å². The molecule has 22 heavy (non-hydrogen) atoms. The molecule has 3 heterocycles. The van der Waals surface area contributed by atoms with E-state index >= 15 is 0 Å². The Morgan fingerprint density at radius 1 is 1.50 bits per heavy atom. The van der Waals surface area contributed by atoms with E-state index < -0.39 is 19.0 Å². The number of ether oxygens (including phenoxy) is 1. The predicted octanol–water partition coefficient (Wildman–Crippen LogP) is -0.225. The van der Waals surface area contributed by atoms with Crippen LogP contribution in [0.25, 0.3) is 11.2 Å². The molecule has 0 aromatic carbocycles. The smallest absolute Gasteiger partial charge is 0.354 e. The molecule has 11 heteroatoms. The number of fused-ring (bicyclic) bond motifs is 1. The Morgan fingerprint density at radius 3 is 3.00 bits per heavy atom. The number of nitrogens with one attached hydrogen (secondary N) is 1. The molecule has 2 aromatic rings. The number of rotatable bonds is 3. The summed E-state index contributed by atoms with van der Waals surface area (Å²) in [6.45, 7) is 0.295. The highest BCUT2D eigenvalue weighted by atomic mass is 31.2. The van der Waals surface area contributed by atoms with Gasteiger partial charge >= 0.3 is 7.60 Å². The molecule has 3 rings (SSSR count). The van der Waals surface area contributed by atoms with Gasteiger partial charge in [0.1, 0.15) is 0 Å². The van der Waals surface area contributed by atoms with Crippen molar-refractivity contribution in [2.75, 3.05) is 5.73 Å². The summed E-state index contributed by atoms with van der Waals surface area (Å²) in [6.07, 6.45) is 2.71. The fraction of sp³-hybridized carbons (Fsp3) is 0.545. The summed E-state index contributed by atoms with van der Waals surface area (Å²) in [6, 6.07) is 0. The molecule has 0 spiro atoms. The van der Waals surface area contributed by atoms with Crippen molar-refractivity contribution in [3.8, 4) is 0 Å². The number of nitrogens with zero attached hydrogens (tertiary/aromatic N) is 3. The molecule has 1 fully saturated rings. The lowest BCUT2D eigenvalue weighted by atomic mass is 10.1. The van der Waals surface area contributed by atoms with Gasteiger partial charge in [0.15, 0.2) is 17.0 Å². The number of nitrogens with two attached hydrogens (primary N) is 1. The summed E-state index contributed by atoms with van der Waals surface area (Å²) < 4.78 is 18.4. The molecule has 0 saturated carbocycles. The second-order valence-electron chi connectivity index (χ2n) is 5.25. The minimum absolute atomic E-state index is 0.0168. The molecule has 0 unspecified atom stereocenters. The lowest BCUT2D eigenvalue weighted by molar-refractivity contribution is -0.0276. The van der Waals surface area contributed by atoms with Crippen LogP contribution in [0.1, 0.15) is 19.3 Å². The number of H-pyrrole nitrogens is 1. The number of nitrogen functional groups attached to an aromatic ring is 1. The first kappa shape index (κ1) is 15.2. The van der Waals surface area contributed by atoms with Crippen LogP contribution in [0.5, 0.6) is 0 Å². The third kappa shape index (κ3) is 2.91. The van der Waals surface area contributed by atoms with Crippen LogP contribution in [0.15, 0.2) is 11.1 Å². The Hall–Kier alpha value is -1.74. The van der Waals surface area contributed by atoms with E-state index in [1.165, 1.54) is 6.33 Å². The van der Waals surface area contributed by atoms with Crippen LogP contribution in [-0.2, 0) is 15.8 Å². The normalized spacial score (nSPS) is 23.0. The SMILES string of the molecule is Nc1nc2c(ncn2C[C@@H]2CCC[C@H](P(=O)(O)O)O2)c(=O)[nH]1. The summed E-state index contributed by atoms with van der Waals surface area (Å²) in [7, 11) is -4.27. The Labute approximate surface area is 124 Å². The third-order valence-electron chi connectivity index (χ3n) is 3.60. The monoisotopic (exact) mass is 329 g/mol. The van der Waals surface area contributed by atoms with E-state index in [0.29, 0.717) is 31.5 Å². The van der Waals surface area contributed by atoms with Crippen molar-refractivity contribution in [3.63, 3.8) is 0 Å². The summed E-state index contributed by atoms with van der Waals surface area (Å²) in [4.78, 5) is 40.5. The lowest BCUT2D eigenvalue weighted by Gasteiger charge is -2.30. The van der Waals surface area contributed by atoms with Crippen LogP contribution in [0.4, 0.5) is 5.95 Å². The van der Waals surface area contributed by atoms with Gasteiger partial charge in [0.25, 0.3) is 5.56 Å². The largest absolute Gasteiger partial charge is 0.369 e. The molecule has 0 radical (unpaired) electrons. The zero-order valence-corrected chi connectivity index (χ0v) is 12.4. The molecule has 2 atom stereocenters. The second-order valence-corrected chi connectivity index (χ2v) is 7.01. The summed E-state index contributed by atoms with van der Waals surface area (Å²) in [5, 5.41) is 0. The number of imidazole rings is 1. The first-order valence-corrected chi connectivity index (χ1v) is 8.44. The van der Waals surface area contributed by atoms with Gasteiger partial charge in [-0.15, -0.1) is 0 Å². The van der Waals surface area contributed by atoms with E-state index in [0.717, 1.165) is 0 Å². The fourth-order valence-electron chi connectivity index (χ4n) is 2.58. The van der Waals surface area contributed by atoms with Gasteiger partial charge in [-0.05, 0) is 19.3 Å². The zero-order chi connectivity index (χ0) is 15.9. The molecule has 1 aliphatic heterocycles.